The molecule has 0 unspecified atom stereocenters. The predicted octanol–water partition coefficient (Wildman–Crippen LogP) is 1.86. The van der Waals surface area contributed by atoms with Crippen LogP contribution in [-0.4, -0.2) is 24.5 Å². The van der Waals surface area contributed by atoms with Gasteiger partial charge in [0.25, 0.3) is 0 Å². The van der Waals surface area contributed by atoms with Crippen LogP contribution in [-0.2, 0) is 15.8 Å². The largest absolute Gasteiger partial charge is 0.478 e. The Labute approximate surface area is 120 Å². The maximum Gasteiger partial charge on any atom is 0.335 e. The Morgan fingerprint density at radius 1 is 1.24 bits per heavy atom. The minimum absolute atomic E-state index is 0.00780. The fourth-order valence-corrected chi connectivity index (χ4v) is 2.80. The number of nitrogens with one attached hydrogen (secondary N) is 1. The second-order valence-electron chi connectivity index (χ2n) is 4.21. The van der Waals surface area contributed by atoms with Crippen molar-refractivity contribution in [2.75, 3.05) is 4.72 Å². The highest BCUT2D eigenvalue weighted by Crippen LogP contribution is 2.12. The van der Waals surface area contributed by atoms with Crippen LogP contribution in [0.15, 0.2) is 42.5 Å². The topological polar surface area (TPSA) is 96.4 Å². The average Bonchev–Trinajstić information content (AvgIpc) is 2.37. The van der Waals surface area contributed by atoms with Crippen molar-refractivity contribution in [3.8, 4) is 0 Å². The number of nitrogens with zero attached hydrogens (tertiary/aromatic N) is 1. The molecule has 6 nitrogen and oxygen atoms in total. The van der Waals surface area contributed by atoms with Crippen LogP contribution in [0.4, 0.5) is 10.2 Å². The van der Waals surface area contributed by atoms with E-state index in [1.807, 2.05) is 0 Å². The highest BCUT2D eigenvalue weighted by molar-refractivity contribution is 7.91. The molecule has 0 aliphatic rings. The van der Waals surface area contributed by atoms with Crippen LogP contribution < -0.4 is 4.72 Å². The monoisotopic (exact) mass is 310 g/mol. The molecule has 0 saturated heterocycles. The molecule has 2 aromatic rings. The number of hydrogen-bond donors (Lipinski definition) is 2. The fourth-order valence-electron chi connectivity index (χ4n) is 1.67. The molecule has 21 heavy (non-hydrogen) atoms. The molecule has 0 bridgehead atoms. The Balaban J connectivity index is 2.18. The van der Waals surface area contributed by atoms with Gasteiger partial charge in [0.2, 0.25) is 16.0 Å². The van der Waals surface area contributed by atoms with Gasteiger partial charge in [0.1, 0.15) is 5.82 Å². The van der Waals surface area contributed by atoms with Crippen molar-refractivity contribution in [2.45, 2.75) is 5.75 Å². The Bertz CT molecular complexity index is 777. The highest BCUT2D eigenvalue weighted by Gasteiger charge is 2.14. The number of carboxylic acids is 1. The summed E-state index contributed by atoms with van der Waals surface area (Å²) in [5, 5.41) is 8.86. The molecular formula is C13H11FN2O4S. The Morgan fingerprint density at radius 3 is 2.62 bits per heavy atom. The van der Waals surface area contributed by atoms with Gasteiger partial charge in [-0.2, -0.15) is 4.39 Å². The van der Waals surface area contributed by atoms with Crippen molar-refractivity contribution < 1.29 is 22.7 Å². The number of carboxylic acid groups (broad SMARTS) is 1. The summed E-state index contributed by atoms with van der Waals surface area (Å²) in [7, 11) is -3.82. The average molecular weight is 310 g/mol. The summed E-state index contributed by atoms with van der Waals surface area (Å²) in [5.74, 6) is -2.52. The molecule has 0 spiro atoms. The smallest absolute Gasteiger partial charge is 0.335 e. The number of halogens is 1. The van der Waals surface area contributed by atoms with Crippen LogP contribution in [0.1, 0.15) is 15.9 Å². The number of aromatic nitrogens is 1. The molecule has 0 fully saturated rings. The second kappa shape index (κ2) is 5.88. The third-order valence-corrected chi connectivity index (χ3v) is 3.74. The van der Waals surface area contributed by atoms with Crippen molar-refractivity contribution in [1.82, 2.24) is 4.98 Å². The number of aromatic carboxylic acids is 1. The molecule has 2 rings (SSSR count). The van der Waals surface area contributed by atoms with Gasteiger partial charge in [0.05, 0.1) is 11.3 Å². The molecule has 2 N–H and O–H groups in total. The first kappa shape index (κ1) is 14.9. The number of sulfonamides is 1. The van der Waals surface area contributed by atoms with Gasteiger partial charge < -0.3 is 5.11 Å². The molecule has 0 radical (unpaired) electrons. The summed E-state index contributed by atoms with van der Waals surface area (Å²) >= 11 is 0. The van der Waals surface area contributed by atoms with E-state index in [0.29, 0.717) is 5.56 Å². The van der Waals surface area contributed by atoms with E-state index >= 15 is 0 Å². The van der Waals surface area contributed by atoms with E-state index < -0.39 is 27.7 Å². The number of rotatable bonds is 5. The molecule has 1 heterocycles. The number of benzene rings is 1. The summed E-state index contributed by atoms with van der Waals surface area (Å²) in [5.41, 5.74) is 0.297. The first-order valence-corrected chi connectivity index (χ1v) is 7.46. The second-order valence-corrected chi connectivity index (χ2v) is 5.93. The highest BCUT2D eigenvalue weighted by atomic mass is 32.2. The molecule has 1 aromatic carbocycles. The van der Waals surface area contributed by atoms with Crippen molar-refractivity contribution in [3.63, 3.8) is 0 Å². The number of anilines is 1. The quantitative estimate of drug-likeness (QED) is 0.822. The van der Waals surface area contributed by atoms with Crippen molar-refractivity contribution in [3.05, 3.63) is 59.5 Å². The molecule has 0 amide bonds. The maximum atomic E-state index is 12.9. The van der Waals surface area contributed by atoms with E-state index in [4.69, 9.17) is 5.11 Å². The standard InChI is InChI=1S/C13H11FN2O4S/c14-11-5-2-6-12(15-11)16-21(19,20)8-9-3-1-4-10(7-9)13(17)18/h1-7H,8H2,(H,15,16)(H,17,18). The normalized spacial score (nSPS) is 11.1. The Kier molecular flexibility index (Phi) is 4.18. The van der Waals surface area contributed by atoms with Gasteiger partial charge >= 0.3 is 5.97 Å². The van der Waals surface area contributed by atoms with Gasteiger partial charge in [-0.1, -0.05) is 18.2 Å². The summed E-state index contributed by atoms with van der Waals surface area (Å²) in [4.78, 5) is 14.2. The summed E-state index contributed by atoms with van der Waals surface area (Å²) < 4.78 is 38.9. The molecule has 0 aliphatic carbocycles. The van der Waals surface area contributed by atoms with E-state index in [-0.39, 0.29) is 11.4 Å². The van der Waals surface area contributed by atoms with Crippen LogP contribution in [0.25, 0.3) is 0 Å². The maximum absolute atomic E-state index is 12.9. The van der Waals surface area contributed by atoms with Gasteiger partial charge in [-0.05, 0) is 29.8 Å². The molecule has 0 atom stereocenters. The van der Waals surface area contributed by atoms with E-state index in [9.17, 15) is 17.6 Å². The van der Waals surface area contributed by atoms with Crippen LogP contribution in [0, 0.1) is 5.95 Å². The molecule has 0 aliphatic heterocycles. The Hall–Kier alpha value is -2.48. The zero-order valence-corrected chi connectivity index (χ0v) is 11.5. The van der Waals surface area contributed by atoms with E-state index in [1.54, 1.807) is 0 Å². The SMILES string of the molecule is O=C(O)c1cccc(CS(=O)(=O)Nc2cccc(F)n2)c1. The lowest BCUT2D eigenvalue weighted by Gasteiger charge is -2.07. The third-order valence-electron chi connectivity index (χ3n) is 2.51. The zero-order chi connectivity index (χ0) is 15.5. The number of carbonyl (C=O) groups is 1. The Morgan fingerprint density at radius 2 is 1.95 bits per heavy atom. The predicted molar refractivity (Wildman–Crippen MR) is 73.8 cm³/mol. The van der Waals surface area contributed by atoms with E-state index in [2.05, 4.69) is 9.71 Å². The summed E-state index contributed by atoms with van der Waals surface area (Å²) in [6, 6.07) is 9.30. The van der Waals surface area contributed by atoms with Crippen molar-refractivity contribution in [2.24, 2.45) is 0 Å². The van der Waals surface area contributed by atoms with Crippen LogP contribution in [0.2, 0.25) is 0 Å². The summed E-state index contributed by atoms with van der Waals surface area (Å²) in [6.45, 7) is 0. The number of hydrogen-bond acceptors (Lipinski definition) is 4. The van der Waals surface area contributed by atoms with Gasteiger partial charge in [-0.15, -0.1) is 0 Å². The third kappa shape index (κ3) is 4.25. The minimum Gasteiger partial charge on any atom is -0.478 e. The lowest BCUT2D eigenvalue weighted by molar-refractivity contribution is 0.0696. The lowest BCUT2D eigenvalue weighted by atomic mass is 10.1. The molecule has 8 heteroatoms. The van der Waals surface area contributed by atoms with Gasteiger partial charge in [0.15, 0.2) is 0 Å². The first-order chi connectivity index (χ1) is 9.85. The first-order valence-electron chi connectivity index (χ1n) is 5.81. The molecule has 110 valence electrons. The van der Waals surface area contributed by atoms with E-state index in [1.165, 1.54) is 36.4 Å². The molecule has 1 aromatic heterocycles. The van der Waals surface area contributed by atoms with Crippen molar-refractivity contribution >= 4 is 21.8 Å². The van der Waals surface area contributed by atoms with Gasteiger partial charge in [0, 0.05) is 0 Å². The van der Waals surface area contributed by atoms with Gasteiger partial charge in [-0.25, -0.2) is 18.2 Å². The van der Waals surface area contributed by atoms with E-state index in [0.717, 1.165) is 6.07 Å². The summed E-state index contributed by atoms with van der Waals surface area (Å²) in [6.07, 6.45) is 0. The minimum atomic E-state index is -3.82. The number of pyridine rings is 1. The molecule has 0 saturated carbocycles. The lowest BCUT2D eigenvalue weighted by Crippen LogP contribution is -2.16. The van der Waals surface area contributed by atoms with Crippen LogP contribution in [0.3, 0.4) is 0 Å². The fraction of sp³-hybridized carbons (Fsp3) is 0.0769. The van der Waals surface area contributed by atoms with Gasteiger partial charge in [-0.3, -0.25) is 4.72 Å². The van der Waals surface area contributed by atoms with Crippen LogP contribution >= 0.6 is 0 Å². The molecular weight excluding hydrogens is 299 g/mol. The van der Waals surface area contributed by atoms with Crippen LogP contribution in [0.5, 0.6) is 0 Å². The van der Waals surface area contributed by atoms with Crippen molar-refractivity contribution in [1.29, 1.82) is 0 Å². The zero-order valence-electron chi connectivity index (χ0n) is 10.7.